The molecule has 4 atom stereocenters. The second-order valence-electron chi connectivity index (χ2n) is 4.08. The van der Waals surface area contributed by atoms with Gasteiger partial charge in [0.15, 0.2) is 6.23 Å². The first-order chi connectivity index (χ1) is 8.99. The van der Waals surface area contributed by atoms with E-state index in [9.17, 15) is 14.7 Å². The van der Waals surface area contributed by atoms with Gasteiger partial charge in [0.1, 0.15) is 18.3 Å². The lowest BCUT2D eigenvalue weighted by molar-refractivity contribution is -0.0626. The highest BCUT2D eigenvalue weighted by Crippen LogP contribution is 2.30. The van der Waals surface area contributed by atoms with Crippen molar-refractivity contribution in [1.82, 2.24) is 9.55 Å². The topological polar surface area (TPSA) is 114 Å². The minimum atomic E-state index is -1.07. The Labute approximate surface area is 115 Å². The number of nitrogens with one attached hydrogen (secondary N) is 1. The van der Waals surface area contributed by atoms with Gasteiger partial charge in [-0.1, -0.05) is 0 Å². The Morgan fingerprint density at radius 2 is 2.26 bits per heavy atom. The van der Waals surface area contributed by atoms with Crippen molar-refractivity contribution in [3.05, 3.63) is 31.5 Å². The fourth-order valence-electron chi connectivity index (χ4n) is 2.00. The van der Waals surface area contributed by atoms with Crippen LogP contribution in [0.2, 0.25) is 0 Å². The molecule has 0 radical (unpaired) electrons. The highest BCUT2D eigenvalue weighted by Gasteiger charge is 2.45. The monoisotopic (exact) mass is 336 g/mol. The molecule has 1 saturated heterocycles. The van der Waals surface area contributed by atoms with E-state index in [1.807, 2.05) is 0 Å². The molecule has 0 saturated carbocycles. The number of rotatable bonds is 3. The second kappa shape index (κ2) is 5.55. The summed E-state index contributed by atoms with van der Waals surface area (Å²) >= 11 is 3.00. The van der Waals surface area contributed by atoms with Gasteiger partial charge in [0.2, 0.25) is 0 Å². The number of hydrogen-bond donors (Lipinski definition) is 3. The number of halogens is 1. The van der Waals surface area contributed by atoms with Crippen LogP contribution in [-0.2, 0) is 9.47 Å². The Balaban J connectivity index is 2.44. The predicted octanol–water partition coefficient (Wildman–Crippen LogP) is -1.44. The standard InChI is InChI=1S/C10H13BrN2O6/c1-18-7-6(15)5(3-14)19-9(7)13-2-4(11)8(16)12-10(13)17/h2,5-7,9,14-15H,3H2,1H3,(H,12,16,17)/t5-,6-,7-,9-/m1/s1. The van der Waals surface area contributed by atoms with Crippen LogP contribution in [-0.4, -0.2) is 51.8 Å². The summed E-state index contributed by atoms with van der Waals surface area (Å²) < 4.78 is 11.7. The van der Waals surface area contributed by atoms with Crippen LogP contribution in [0.15, 0.2) is 20.3 Å². The van der Waals surface area contributed by atoms with Gasteiger partial charge < -0.3 is 19.7 Å². The smallest absolute Gasteiger partial charge is 0.330 e. The Morgan fingerprint density at radius 3 is 2.84 bits per heavy atom. The molecule has 0 bridgehead atoms. The first-order valence-corrected chi connectivity index (χ1v) is 6.27. The highest BCUT2D eigenvalue weighted by atomic mass is 79.9. The number of hydrogen-bond acceptors (Lipinski definition) is 6. The molecular weight excluding hydrogens is 324 g/mol. The maximum Gasteiger partial charge on any atom is 0.330 e. The summed E-state index contributed by atoms with van der Waals surface area (Å²) in [7, 11) is 1.36. The number of aromatic amines is 1. The van der Waals surface area contributed by atoms with Gasteiger partial charge in [0.25, 0.3) is 5.56 Å². The molecule has 0 spiro atoms. The molecule has 19 heavy (non-hydrogen) atoms. The van der Waals surface area contributed by atoms with Crippen molar-refractivity contribution in [2.45, 2.75) is 24.5 Å². The van der Waals surface area contributed by atoms with Gasteiger partial charge in [-0.2, -0.15) is 0 Å². The van der Waals surface area contributed by atoms with E-state index in [4.69, 9.17) is 14.6 Å². The highest BCUT2D eigenvalue weighted by molar-refractivity contribution is 9.10. The van der Waals surface area contributed by atoms with Gasteiger partial charge in [-0.25, -0.2) is 4.79 Å². The zero-order valence-electron chi connectivity index (χ0n) is 9.95. The summed E-state index contributed by atoms with van der Waals surface area (Å²) in [5, 5.41) is 19.0. The Bertz CT molecular complexity index is 570. The molecule has 106 valence electrons. The average molecular weight is 337 g/mol. The fraction of sp³-hybridized carbons (Fsp3) is 0.600. The van der Waals surface area contributed by atoms with E-state index in [1.165, 1.54) is 13.3 Å². The maximum atomic E-state index is 11.7. The van der Waals surface area contributed by atoms with Crippen molar-refractivity contribution in [2.24, 2.45) is 0 Å². The molecule has 0 amide bonds. The summed E-state index contributed by atoms with van der Waals surface area (Å²) in [6, 6.07) is 0. The number of methoxy groups -OCH3 is 1. The molecular formula is C10H13BrN2O6. The van der Waals surface area contributed by atoms with Crippen LogP contribution in [0, 0.1) is 0 Å². The number of aliphatic hydroxyl groups excluding tert-OH is 2. The van der Waals surface area contributed by atoms with Crippen molar-refractivity contribution in [1.29, 1.82) is 0 Å². The normalized spacial score (nSPS) is 30.7. The van der Waals surface area contributed by atoms with E-state index >= 15 is 0 Å². The SMILES string of the molecule is CO[C@@H]1[C@H](O)[C@@H](CO)O[C@H]1n1cc(Br)c(=O)[nH]c1=O. The average Bonchev–Trinajstić information content (AvgIpc) is 2.70. The minimum absolute atomic E-state index is 0.146. The first-order valence-electron chi connectivity index (χ1n) is 5.47. The van der Waals surface area contributed by atoms with Gasteiger partial charge in [-0.05, 0) is 15.9 Å². The zero-order valence-corrected chi connectivity index (χ0v) is 11.5. The van der Waals surface area contributed by atoms with Crippen LogP contribution < -0.4 is 11.2 Å². The third kappa shape index (κ3) is 2.51. The number of H-pyrrole nitrogens is 1. The van der Waals surface area contributed by atoms with Crippen molar-refractivity contribution in [3.63, 3.8) is 0 Å². The van der Waals surface area contributed by atoms with Gasteiger partial charge in [-0.3, -0.25) is 14.3 Å². The lowest BCUT2D eigenvalue weighted by Gasteiger charge is -2.20. The molecule has 1 aliphatic rings. The molecule has 1 fully saturated rings. The maximum absolute atomic E-state index is 11.7. The van der Waals surface area contributed by atoms with E-state index in [1.54, 1.807) is 0 Å². The summed E-state index contributed by atoms with van der Waals surface area (Å²) in [6.45, 7) is -0.406. The fourth-order valence-corrected chi connectivity index (χ4v) is 2.32. The quantitative estimate of drug-likeness (QED) is 0.623. The third-order valence-electron chi connectivity index (χ3n) is 2.96. The number of ether oxygens (including phenoxy) is 2. The molecule has 8 nitrogen and oxygen atoms in total. The van der Waals surface area contributed by atoms with E-state index in [0.29, 0.717) is 0 Å². The number of aromatic nitrogens is 2. The lowest BCUT2D eigenvalue weighted by atomic mass is 10.1. The summed E-state index contributed by atoms with van der Waals surface area (Å²) in [6.07, 6.45) is -2.43. The van der Waals surface area contributed by atoms with Crippen LogP contribution in [0.5, 0.6) is 0 Å². The predicted molar refractivity (Wildman–Crippen MR) is 66.8 cm³/mol. The van der Waals surface area contributed by atoms with Crippen molar-refractivity contribution < 1.29 is 19.7 Å². The van der Waals surface area contributed by atoms with E-state index in [-0.39, 0.29) is 4.47 Å². The minimum Gasteiger partial charge on any atom is -0.394 e. The van der Waals surface area contributed by atoms with Crippen molar-refractivity contribution in [2.75, 3.05) is 13.7 Å². The van der Waals surface area contributed by atoms with E-state index < -0.39 is 42.4 Å². The van der Waals surface area contributed by atoms with Gasteiger partial charge in [0.05, 0.1) is 11.1 Å². The number of nitrogens with zero attached hydrogens (tertiary/aromatic N) is 1. The van der Waals surface area contributed by atoms with Gasteiger partial charge >= 0.3 is 5.69 Å². The Kier molecular flexibility index (Phi) is 4.21. The molecule has 3 N–H and O–H groups in total. The van der Waals surface area contributed by atoms with Gasteiger partial charge in [0, 0.05) is 13.3 Å². The molecule has 1 aromatic rings. The summed E-state index contributed by atoms with van der Waals surface area (Å²) in [5.74, 6) is 0. The van der Waals surface area contributed by atoms with Crippen molar-refractivity contribution >= 4 is 15.9 Å². The molecule has 2 rings (SSSR count). The van der Waals surface area contributed by atoms with E-state index in [0.717, 1.165) is 4.57 Å². The molecule has 0 aromatic carbocycles. The third-order valence-corrected chi connectivity index (χ3v) is 3.53. The Morgan fingerprint density at radius 1 is 1.58 bits per heavy atom. The van der Waals surface area contributed by atoms with Crippen LogP contribution in [0.3, 0.4) is 0 Å². The van der Waals surface area contributed by atoms with Gasteiger partial charge in [-0.15, -0.1) is 0 Å². The molecule has 1 aliphatic heterocycles. The number of aliphatic hydroxyl groups is 2. The first kappa shape index (κ1) is 14.4. The molecule has 1 aromatic heterocycles. The van der Waals surface area contributed by atoms with Crippen LogP contribution in [0.4, 0.5) is 0 Å². The summed E-state index contributed by atoms with van der Waals surface area (Å²) in [4.78, 5) is 25.1. The Hall–Kier alpha value is -1.00. The van der Waals surface area contributed by atoms with Crippen LogP contribution in [0.1, 0.15) is 6.23 Å². The molecule has 2 heterocycles. The van der Waals surface area contributed by atoms with E-state index in [2.05, 4.69) is 20.9 Å². The molecule has 9 heteroatoms. The lowest BCUT2D eigenvalue weighted by Crippen LogP contribution is -2.39. The largest absolute Gasteiger partial charge is 0.394 e. The zero-order chi connectivity index (χ0) is 14.2. The van der Waals surface area contributed by atoms with Crippen LogP contribution in [0.25, 0.3) is 0 Å². The summed E-state index contributed by atoms with van der Waals surface area (Å²) in [5.41, 5.74) is -1.25. The molecule has 0 aliphatic carbocycles. The van der Waals surface area contributed by atoms with Crippen molar-refractivity contribution in [3.8, 4) is 0 Å². The molecule has 0 unspecified atom stereocenters. The van der Waals surface area contributed by atoms with Crippen LogP contribution >= 0.6 is 15.9 Å². The second-order valence-corrected chi connectivity index (χ2v) is 4.94.